The Morgan fingerprint density at radius 3 is 2.56 bits per heavy atom. The molecule has 1 heteroatoms. The highest BCUT2D eigenvalue weighted by Crippen LogP contribution is 2.48. The lowest BCUT2D eigenvalue weighted by Crippen LogP contribution is -2.29. The fraction of sp³-hybridized carbons (Fsp3) is 0.200. The summed E-state index contributed by atoms with van der Waals surface area (Å²) in [5.41, 5.74) is 9.60. The predicted octanol–water partition coefficient (Wildman–Crippen LogP) is 3.08. The van der Waals surface area contributed by atoms with Gasteiger partial charge in [0, 0.05) is 12.0 Å². The first-order valence-electron chi connectivity index (χ1n) is 5.60. The van der Waals surface area contributed by atoms with Gasteiger partial charge >= 0.3 is 0 Å². The van der Waals surface area contributed by atoms with E-state index in [4.69, 9.17) is 5.73 Å². The van der Waals surface area contributed by atoms with Gasteiger partial charge in [-0.3, -0.25) is 0 Å². The first-order valence-corrected chi connectivity index (χ1v) is 5.60. The van der Waals surface area contributed by atoms with Crippen molar-refractivity contribution in [2.24, 2.45) is 5.73 Å². The second-order valence-corrected chi connectivity index (χ2v) is 4.72. The van der Waals surface area contributed by atoms with Gasteiger partial charge in [0.2, 0.25) is 0 Å². The van der Waals surface area contributed by atoms with E-state index in [0.29, 0.717) is 6.54 Å². The summed E-state index contributed by atoms with van der Waals surface area (Å²) in [5, 5.41) is 2.62. The van der Waals surface area contributed by atoms with E-state index in [1.807, 2.05) is 0 Å². The minimum Gasteiger partial charge on any atom is -0.329 e. The van der Waals surface area contributed by atoms with Crippen molar-refractivity contribution in [1.29, 1.82) is 0 Å². The first-order chi connectivity index (χ1) is 7.68. The third-order valence-corrected chi connectivity index (χ3v) is 3.90. The van der Waals surface area contributed by atoms with Crippen molar-refractivity contribution in [2.45, 2.75) is 12.3 Å². The first kappa shape index (κ1) is 9.61. The maximum Gasteiger partial charge on any atom is 0.0303 e. The molecule has 80 valence electrons. The normalized spacial score (nSPS) is 23.0. The maximum absolute atomic E-state index is 5.95. The Balaban J connectivity index is 2.49. The molecule has 3 rings (SSSR count). The Labute approximate surface area is 95.6 Å². The summed E-state index contributed by atoms with van der Waals surface area (Å²) in [6, 6.07) is 12.8. The molecule has 1 unspecified atom stereocenters. The minimum absolute atomic E-state index is 0.0941. The van der Waals surface area contributed by atoms with Crippen LogP contribution in [0, 0.1) is 0 Å². The summed E-state index contributed by atoms with van der Waals surface area (Å²) in [5.74, 6) is 0. The SMILES string of the molecule is C=C1c2cccc3cccc(c23)C1(C)CN. The van der Waals surface area contributed by atoms with Crippen molar-refractivity contribution in [1.82, 2.24) is 0 Å². The second-order valence-electron chi connectivity index (χ2n) is 4.72. The van der Waals surface area contributed by atoms with Gasteiger partial charge in [-0.15, -0.1) is 0 Å². The van der Waals surface area contributed by atoms with Crippen molar-refractivity contribution in [3.05, 3.63) is 54.1 Å². The molecule has 16 heavy (non-hydrogen) atoms. The van der Waals surface area contributed by atoms with Gasteiger partial charge < -0.3 is 5.73 Å². The van der Waals surface area contributed by atoms with Gasteiger partial charge in [-0.05, 0) is 27.5 Å². The predicted molar refractivity (Wildman–Crippen MR) is 69.4 cm³/mol. The summed E-state index contributed by atoms with van der Waals surface area (Å²) < 4.78 is 0. The molecule has 0 saturated heterocycles. The number of hydrogen-bond acceptors (Lipinski definition) is 1. The Kier molecular flexibility index (Phi) is 1.78. The monoisotopic (exact) mass is 209 g/mol. The molecule has 2 N–H and O–H groups in total. The van der Waals surface area contributed by atoms with Gasteiger partial charge in [0.1, 0.15) is 0 Å². The summed E-state index contributed by atoms with van der Waals surface area (Å²) in [7, 11) is 0. The van der Waals surface area contributed by atoms with Gasteiger partial charge in [0.25, 0.3) is 0 Å². The highest BCUT2D eigenvalue weighted by molar-refractivity contribution is 6.04. The van der Waals surface area contributed by atoms with Gasteiger partial charge in [-0.2, -0.15) is 0 Å². The average Bonchev–Trinajstić information content (AvgIpc) is 2.55. The zero-order valence-electron chi connectivity index (χ0n) is 9.46. The van der Waals surface area contributed by atoms with Crippen LogP contribution in [-0.4, -0.2) is 6.54 Å². The van der Waals surface area contributed by atoms with Crippen LogP contribution in [0.25, 0.3) is 16.3 Å². The molecule has 2 aromatic rings. The lowest BCUT2D eigenvalue weighted by molar-refractivity contribution is 0.645. The third-order valence-electron chi connectivity index (χ3n) is 3.90. The molecule has 0 fully saturated rings. The van der Waals surface area contributed by atoms with Gasteiger partial charge in [0.05, 0.1) is 0 Å². The Hall–Kier alpha value is -1.60. The zero-order chi connectivity index (χ0) is 11.3. The van der Waals surface area contributed by atoms with E-state index < -0.39 is 0 Å². The standard InChI is InChI=1S/C15H15N/c1-10-12-7-3-5-11-6-4-8-13(14(11)12)15(10,2)9-16/h3-8H,1,9,16H2,2H3. The van der Waals surface area contributed by atoms with Crippen LogP contribution in [0.1, 0.15) is 18.1 Å². The minimum atomic E-state index is -0.0941. The number of rotatable bonds is 1. The van der Waals surface area contributed by atoms with E-state index in [0.717, 1.165) is 5.57 Å². The molecule has 1 atom stereocenters. The van der Waals surface area contributed by atoms with Crippen LogP contribution in [0.4, 0.5) is 0 Å². The van der Waals surface area contributed by atoms with Crippen molar-refractivity contribution >= 4 is 16.3 Å². The van der Waals surface area contributed by atoms with E-state index in [2.05, 4.69) is 49.9 Å². The van der Waals surface area contributed by atoms with Crippen molar-refractivity contribution in [3.63, 3.8) is 0 Å². The van der Waals surface area contributed by atoms with Crippen molar-refractivity contribution in [2.75, 3.05) is 6.54 Å². The topological polar surface area (TPSA) is 26.0 Å². The summed E-state index contributed by atoms with van der Waals surface area (Å²) in [6.45, 7) is 7.03. The van der Waals surface area contributed by atoms with Crippen LogP contribution in [0.5, 0.6) is 0 Å². The number of benzene rings is 2. The van der Waals surface area contributed by atoms with Gasteiger partial charge in [-0.1, -0.05) is 49.9 Å². The molecule has 0 aromatic heterocycles. The molecule has 1 aliphatic carbocycles. The van der Waals surface area contributed by atoms with E-state index >= 15 is 0 Å². The molecule has 0 spiro atoms. The number of hydrogen-bond donors (Lipinski definition) is 1. The quantitative estimate of drug-likeness (QED) is 0.767. The van der Waals surface area contributed by atoms with Crippen molar-refractivity contribution < 1.29 is 0 Å². The fourth-order valence-corrected chi connectivity index (χ4v) is 2.75. The Bertz CT molecular complexity index is 592. The van der Waals surface area contributed by atoms with Crippen LogP contribution in [0.3, 0.4) is 0 Å². The van der Waals surface area contributed by atoms with Crippen LogP contribution in [0.2, 0.25) is 0 Å². The van der Waals surface area contributed by atoms with Crippen LogP contribution >= 0.6 is 0 Å². The Morgan fingerprint density at radius 2 is 1.88 bits per heavy atom. The highest BCUT2D eigenvalue weighted by Gasteiger charge is 2.37. The fourth-order valence-electron chi connectivity index (χ4n) is 2.75. The van der Waals surface area contributed by atoms with Crippen LogP contribution in [-0.2, 0) is 5.41 Å². The van der Waals surface area contributed by atoms with E-state index in [1.54, 1.807) is 0 Å². The number of nitrogens with two attached hydrogens (primary N) is 1. The Morgan fingerprint density at radius 1 is 1.19 bits per heavy atom. The molecule has 1 aliphatic rings. The lowest BCUT2D eigenvalue weighted by atomic mass is 9.80. The molecular weight excluding hydrogens is 194 g/mol. The van der Waals surface area contributed by atoms with Crippen LogP contribution < -0.4 is 5.73 Å². The maximum atomic E-state index is 5.95. The molecule has 2 aromatic carbocycles. The van der Waals surface area contributed by atoms with E-state index in [-0.39, 0.29) is 5.41 Å². The second kappa shape index (κ2) is 2.96. The summed E-state index contributed by atoms with van der Waals surface area (Å²) >= 11 is 0. The van der Waals surface area contributed by atoms with E-state index in [9.17, 15) is 0 Å². The lowest BCUT2D eigenvalue weighted by Gasteiger charge is -2.25. The van der Waals surface area contributed by atoms with Crippen LogP contribution in [0.15, 0.2) is 43.0 Å². The molecular formula is C15H15N. The smallest absolute Gasteiger partial charge is 0.0303 e. The van der Waals surface area contributed by atoms with Gasteiger partial charge in [0.15, 0.2) is 0 Å². The van der Waals surface area contributed by atoms with E-state index in [1.165, 1.54) is 21.9 Å². The third kappa shape index (κ3) is 0.940. The molecule has 0 aliphatic heterocycles. The molecule has 1 nitrogen and oxygen atoms in total. The zero-order valence-corrected chi connectivity index (χ0v) is 9.46. The molecule has 0 saturated carbocycles. The van der Waals surface area contributed by atoms with Gasteiger partial charge in [-0.25, -0.2) is 0 Å². The largest absolute Gasteiger partial charge is 0.329 e. The molecule has 0 radical (unpaired) electrons. The molecule has 0 amide bonds. The summed E-state index contributed by atoms with van der Waals surface area (Å²) in [4.78, 5) is 0. The summed E-state index contributed by atoms with van der Waals surface area (Å²) in [6.07, 6.45) is 0. The molecule has 0 bridgehead atoms. The average molecular weight is 209 g/mol. The highest BCUT2D eigenvalue weighted by atomic mass is 14.6. The van der Waals surface area contributed by atoms with Crippen molar-refractivity contribution in [3.8, 4) is 0 Å². The molecule has 0 heterocycles.